The first-order valence-electron chi connectivity index (χ1n) is 9.89. The third-order valence-electron chi connectivity index (χ3n) is 5.40. The molecule has 0 atom stereocenters. The average Bonchev–Trinajstić information content (AvgIpc) is 3.15. The molecule has 1 aliphatic carbocycles. The Morgan fingerprint density at radius 3 is 2.66 bits per heavy atom. The van der Waals surface area contributed by atoms with Gasteiger partial charge in [-0.25, -0.2) is 4.79 Å². The maximum atomic E-state index is 12.4. The van der Waals surface area contributed by atoms with E-state index in [0.29, 0.717) is 4.88 Å². The topological polar surface area (TPSA) is 85.1 Å². The van der Waals surface area contributed by atoms with E-state index in [2.05, 4.69) is 10.9 Å². The zero-order chi connectivity index (χ0) is 20.4. The first-order chi connectivity index (χ1) is 14.0. The van der Waals surface area contributed by atoms with Crippen molar-refractivity contribution in [2.24, 2.45) is 7.05 Å². The van der Waals surface area contributed by atoms with Crippen LogP contribution in [0.15, 0.2) is 35.1 Å². The van der Waals surface area contributed by atoms with Crippen molar-refractivity contribution in [2.75, 3.05) is 0 Å². The number of hydrazine groups is 1. The van der Waals surface area contributed by atoms with Crippen molar-refractivity contribution in [3.63, 3.8) is 0 Å². The summed E-state index contributed by atoms with van der Waals surface area (Å²) in [5, 5.41) is 0. The van der Waals surface area contributed by atoms with E-state index in [0.717, 1.165) is 30.3 Å². The summed E-state index contributed by atoms with van der Waals surface area (Å²) < 4.78 is 3.14. The molecule has 0 fully saturated rings. The number of nitrogens with zero attached hydrogens (tertiary/aromatic N) is 2. The highest BCUT2D eigenvalue weighted by atomic mass is 32.1. The predicted octanol–water partition coefficient (Wildman–Crippen LogP) is 2.52. The van der Waals surface area contributed by atoms with E-state index in [-0.39, 0.29) is 30.5 Å². The van der Waals surface area contributed by atoms with Gasteiger partial charge in [-0.3, -0.25) is 29.6 Å². The number of aryl methyl sites for hydroxylation is 4. The molecule has 152 valence electrons. The molecule has 2 heterocycles. The number of hydrogen-bond donors (Lipinski definition) is 2. The lowest BCUT2D eigenvalue weighted by Crippen LogP contribution is -2.41. The smallest absolute Gasteiger partial charge is 0.295 e. The van der Waals surface area contributed by atoms with E-state index in [1.807, 2.05) is 30.3 Å². The molecule has 1 aromatic carbocycles. The number of thiophene rings is 1. The summed E-state index contributed by atoms with van der Waals surface area (Å²) in [7, 11) is 1.71. The van der Waals surface area contributed by atoms with Gasteiger partial charge in [-0.15, -0.1) is 11.3 Å². The second-order valence-electron chi connectivity index (χ2n) is 7.35. The van der Waals surface area contributed by atoms with Gasteiger partial charge in [0.15, 0.2) is 0 Å². The lowest BCUT2D eigenvalue weighted by atomic mass is 10.1. The quantitative estimate of drug-likeness (QED) is 0.510. The van der Waals surface area contributed by atoms with Crippen LogP contribution < -0.4 is 16.5 Å². The van der Waals surface area contributed by atoms with Gasteiger partial charge in [-0.05, 0) is 49.4 Å². The average molecular weight is 413 g/mol. The number of aromatic nitrogens is 2. The van der Waals surface area contributed by atoms with Crippen molar-refractivity contribution in [3.05, 3.63) is 56.1 Å². The highest BCUT2D eigenvalue weighted by Crippen LogP contribution is 2.28. The molecule has 0 bridgehead atoms. The van der Waals surface area contributed by atoms with Gasteiger partial charge in [0.1, 0.15) is 0 Å². The molecule has 0 saturated heterocycles. The molecular formula is C21H24N4O3S. The molecule has 0 unspecified atom stereocenters. The fraction of sp³-hybridized carbons (Fsp3) is 0.381. The first-order valence-corrected chi connectivity index (χ1v) is 10.7. The van der Waals surface area contributed by atoms with E-state index in [4.69, 9.17) is 0 Å². The van der Waals surface area contributed by atoms with Gasteiger partial charge in [0.2, 0.25) is 5.91 Å². The van der Waals surface area contributed by atoms with Gasteiger partial charge in [-0.2, -0.15) is 0 Å². The maximum absolute atomic E-state index is 12.4. The van der Waals surface area contributed by atoms with Crippen LogP contribution in [-0.2, 0) is 31.2 Å². The molecule has 8 heteroatoms. The van der Waals surface area contributed by atoms with E-state index >= 15 is 0 Å². The van der Waals surface area contributed by atoms with Gasteiger partial charge >= 0.3 is 5.69 Å². The number of fused-ring (bicyclic) bond motifs is 2. The number of carbonyl (C=O) groups excluding carboxylic acids is 2. The van der Waals surface area contributed by atoms with Crippen LogP contribution >= 0.6 is 11.3 Å². The molecule has 7 nitrogen and oxygen atoms in total. The summed E-state index contributed by atoms with van der Waals surface area (Å²) in [6.07, 6.45) is 5.70. The minimum atomic E-state index is -0.337. The van der Waals surface area contributed by atoms with Gasteiger partial charge in [-0.1, -0.05) is 18.6 Å². The maximum Gasteiger partial charge on any atom is 0.328 e. The Morgan fingerprint density at radius 2 is 1.83 bits per heavy atom. The monoisotopic (exact) mass is 412 g/mol. The van der Waals surface area contributed by atoms with Crippen LogP contribution in [0.5, 0.6) is 0 Å². The minimum Gasteiger partial charge on any atom is -0.295 e. The summed E-state index contributed by atoms with van der Waals surface area (Å²) in [5.41, 5.74) is 7.67. The van der Waals surface area contributed by atoms with Crippen LogP contribution in [0.25, 0.3) is 11.0 Å². The van der Waals surface area contributed by atoms with Crippen molar-refractivity contribution >= 4 is 34.2 Å². The Hall–Kier alpha value is -2.87. The van der Waals surface area contributed by atoms with E-state index < -0.39 is 0 Å². The Labute approximate surface area is 172 Å². The van der Waals surface area contributed by atoms with E-state index in [1.54, 1.807) is 16.2 Å². The van der Waals surface area contributed by atoms with Crippen molar-refractivity contribution in [1.29, 1.82) is 0 Å². The number of benzene rings is 1. The van der Waals surface area contributed by atoms with Crippen molar-refractivity contribution in [3.8, 4) is 0 Å². The summed E-state index contributed by atoms with van der Waals surface area (Å²) >= 11 is 1.51. The number of amides is 2. The first kappa shape index (κ1) is 19.4. The molecule has 2 amide bonds. The number of nitrogens with one attached hydrogen (secondary N) is 2. The third-order valence-corrected chi connectivity index (χ3v) is 6.64. The fourth-order valence-corrected chi connectivity index (χ4v) is 4.97. The summed E-state index contributed by atoms with van der Waals surface area (Å²) in [6, 6.07) is 9.41. The Kier molecular flexibility index (Phi) is 5.53. The summed E-state index contributed by atoms with van der Waals surface area (Å²) in [6.45, 7) is 0.245. The van der Waals surface area contributed by atoms with E-state index in [1.165, 1.54) is 34.6 Å². The van der Waals surface area contributed by atoms with Crippen LogP contribution in [0, 0.1) is 0 Å². The summed E-state index contributed by atoms with van der Waals surface area (Å²) in [4.78, 5) is 38.9. The van der Waals surface area contributed by atoms with Crippen LogP contribution in [0.2, 0.25) is 0 Å². The zero-order valence-corrected chi connectivity index (χ0v) is 17.2. The zero-order valence-electron chi connectivity index (χ0n) is 16.4. The molecule has 1 aliphatic rings. The highest BCUT2D eigenvalue weighted by molar-refractivity contribution is 7.14. The van der Waals surface area contributed by atoms with Gasteiger partial charge in [0.25, 0.3) is 5.91 Å². The lowest BCUT2D eigenvalue weighted by molar-refractivity contribution is -0.122. The standard InChI is InChI=1S/C21H24N4O3S/c1-24-15-8-5-6-9-16(15)25(21(24)28)12-11-19(26)22-23-20(27)18-13-14-7-3-2-4-10-17(14)29-18/h5-6,8-9,13H,2-4,7,10-12H2,1H3,(H,22,26)(H,23,27). The van der Waals surface area contributed by atoms with Crippen molar-refractivity contribution in [1.82, 2.24) is 20.0 Å². The van der Waals surface area contributed by atoms with Crippen LogP contribution in [-0.4, -0.2) is 20.9 Å². The molecule has 29 heavy (non-hydrogen) atoms. The Morgan fingerprint density at radius 1 is 1.07 bits per heavy atom. The molecule has 0 radical (unpaired) electrons. The number of rotatable bonds is 4. The van der Waals surface area contributed by atoms with Crippen molar-refractivity contribution < 1.29 is 9.59 Å². The number of carbonyl (C=O) groups is 2. The van der Waals surface area contributed by atoms with Gasteiger partial charge in [0, 0.05) is 24.9 Å². The van der Waals surface area contributed by atoms with Crippen LogP contribution in [0.1, 0.15) is 45.8 Å². The minimum absolute atomic E-state index is 0.0924. The highest BCUT2D eigenvalue weighted by Gasteiger charge is 2.17. The molecule has 3 aromatic rings. The molecule has 0 spiro atoms. The van der Waals surface area contributed by atoms with E-state index in [9.17, 15) is 14.4 Å². The van der Waals surface area contributed by atoms with Gasteiger partial charge in [0.05, 0.1) is 15.9 Å². The molecule has 2 aromatic heterocycles. The number of imidazole rings is 1. The molecule has 0 aliphatic heterocycles. The predicted molar refractivity (Wildman–Crippen MR) is 113 cm³/mol. The fourth-order valence-electron chi connectivity index (χ4n) is 3.82. The molecule has 4 rings (SSSR count). The second kappa shape index (κ2) is 8.24. The molecule has 2 N–H and O–H groups in total. The number of hydrogen-bond acceptors (Lipinski definition) is 4. The Bertz CT molecular complexity index is 1100. The molecular weight excluding hydrogens is 388 g/mol. The number of para-hydroxylation sites is 2. The SMILES string of the molecule is Cn1c(=O)n(CCC(=O)NNC(=O)c2cc3c(s2)CCCCC3)c2ccccc21. The van der Waals surface area contributed by atoms with Gasteiger partial charge < -0.3 is 0 Å². The Balaban J connectivity index is 1.35. The van der Waals surface area contributed by atoms with Crippen LogP contribution in [0.4, 0.5) is 0 Å². The molecule has 0 saturated carbocycles. The lowest BCUT2D eigenvalue weighted by Gasteiger charge is -2.07. The normalized spacial score (nSPS) is 13.7. The third kappa shape index (κ3) is 3.98. The summed E-state index contributed by atoms with van der Waals surface area (Å²) in [5.74, 6) is -0.630. The largest absolute Gasteiger partial charge is 0.328 e. The van der Waals surface area contributed by atoms with Crippen LogP contribution in [0.3, 0.4) is 0 Å². The van der Waals surface area contributed by atoms with Crippen molar-refractivity contribution in [2.45, 2.75) is 45.1 Å². The second-order valence-corrected chi connectivity index (χ2v) is 8.49.